The zero-order valence-electron chi connectivity index (χ0n) is 9.72. The summed E-state index contributed by atoms with van der Waals surface area (Å²) < 4.78 is 7.17. The fourth-order valence-corrected chi connectivity index (χ4v) is 2.19. The molecule has 1 aromatic heterocycles. The van der Waals surface area contributed by atoms with Crippen molar-refractivity contribution in [2.75, 3.05) is 6.61 Å². The maximum atomic E-state index is 12.1. The number of aromatic nitrogens is 3. The van der Waals surface area contributed by atoms with Crippen LogP contribution >= 0.6 is 0 Å². The average Bonchev–Trinajstić information content (AvgIpc) is 2.87. The number of ketones is 1. The van der Waals surface area contributed by atoms with Gasteiger partial charge in [0.15, 0.2) is 0 Å². The van der Waals surface area contributed by atoms with Crippen LogP contribution in [0.25, 0.3) is 0 Å². The quantitative estimate of drug-likeness (QED) is 0.755. The van der Waals surface area contributed by atoms with Gasteiger partial charge in [0.25, 0.3) is 0 Å². The minimum absolute atomic E-state index is 0.0432. The van der Waals surface area contributed by atoms with Crippen LogP contribution in [0, 0.1) is 5.92 Å². The number of carbonyl (C=O) groups excluding carboxylic acids is 1. The summed E-state index contributed by atoms with van der Waals surface area (Å²) in [6.45, 7) is 2.76. The predicted octanol–water partition coefficient (Wildman–Crippen LogP) is 0.742. The van der Waals surface area contributed by atoms with Crippen molar-refractivity contribution in [1.82, 2.24) is 14.8 Å². The summed E-state index contributed by atoms with van der Waals surface area (Å²) in [5, 5.41) is 3.96. The van der Waals surface area contributed by atoms with Gasteiger partial charge in [-0.15, -0.1) is 0 Å². The normalized spacial score (nSPS) is 24.9. The summed E-state index contributed by atoms with van der Waals surface area (Å²) in [4.78, 5) is 16.1. The third-order valence-electron chi connectivity index (χ3n) is 3.16. The smallest absolute Gasteiger partial charge is 0.146 e. The van der Waals surface area contributed by atoms with E-state index in [9.17, 15) is 4.79 Å². The molecule has 0 bridgehead atoms. The van der Waals surface area contributed by atoms with Crippen LogP contribution in [0.3, 0.4) is 0 Å². The van der Waals surface area contributed by atoms with E-state index in [4.69, 9.17) is 4.74 Å². The number of nitrogens with zero attached hydrogens (tertiary/aromatic N) is 3. The molecule has 16 heavy (non-hydrogen) atoms. The molecular formula is C11H17N3O2. The summed E-state index contributed by atoms with van der Waals surface area (Å²) in [6.07, 6.45) is 3.68. The molecule has 0 saturated carbocycles. The third-order valence-corrected chi connectivity index (χ3v) is 3.16. The zero-order chi connectivity index (χ0) is 11.5. The Kier molecular flexibility index (Phi) is 3.33. The van der Waals surface area contributed by atoms with Crippen molar-refractivity contribution in [2.45, 2.75) is 32.3 Å². The number of Topliss-reactive ketones (excluding diaryl/α,β-unsaturated/α-hetero) is 1. The van der Waals surface area contributed by atoms with Gasteiger partial charge in [0, 0.05) is 19.6 Å². The maximum Gasteiger partial charge on any atom is 0.146 e. The molecule has 0 aromatic carbocycles. The van der Waals surface area contributed by atoms with Crippen LogP contribution in [0.4, 0.5) is 0 Å². The largest absolute Gasteiger partial charge is 0.377 e. The number of aryl methyl sites for hydroxylation is 1. The molecule has 88 valence electrons. The van der Waals surface area contributed by atoms with E-state index in [0.717, 1.165) is 18.7 Å². The number of hydrogen-bond acceptors (Lipinski definition) is 4. The molecule has 1 fully saturated rings. The van der Waals surface area contributed by atoms with E-state index in [-0.39, 0.29) is 17.8 Å². The highest BCUT2D eigenvalue weighted by atomic mass is 16.5. The van der Waals surface area contributed by atoms with Gasteiger partial charge in [0.2, 0.25) is 0 Å². The van der Waals surface area contributed by atoms with Crippen LogP contribution in [-0.4, -0.2) is 33.3 Å². The summed E-state index contributed by atoms with van der Waals surface area (Å²) in [7, 11) is 1.80. The second kappa shape index (κ2) is 4.74. The zero-order valence-corrected chi connectivity index (χ0v) is 9.72. The van der Waals surface area contributed by atoms with E-state index < -0.39 is 0 Å². The first-order valence-electron chi connectivity index (χ1n) is 5.69. The Bertz CT molecular complexity index is 375. The molecule has 0 N–H and O–H groups in total. The summed E-state index contributed by atoms with van der Waals surface area (Å²) in [5.74, 6) is 0.994. The highest BCUT2D eigenvalue weighted by Crippen LogP contribution is 2.25. The van der Waals surface area contributed by atoms with Gasteiger partial charge in [-0.3, -0.25) is 9.48 Å². The molecular weight excluding hydrogens is 206 g/mol. The molecule has 5 heteroatoms. The number of carbonyl (C=O) groups is 1. The van der Waals surface area contributed by atoms with E-state index in [1.54, 1.807) is 11.7 Å². The summed E-state index contributed by atoms with van der Waals surface area (Å²) in [6, 6.07) is 0. The van der Waals surface area contributed by atoms with Gasteiger partial charge in [0.1, 0.15) is 17.9 Å². The molecule has 0 spiro atoms. The SMILES string of the molecule is CCC1OCCC1C(=O)Cc1ncnn1C. The van der Waals surface area contributed by atoms with Crippen molar-refractivity contribution in [1.29, 1.82) is 0 Å². The molecule has 1 aromatic rings. The highest BCUT2D eigenvalue weighted by molar-refractivity contribution is 5.83. The minimum Gasteiger partial charge on any atom is -0.377 e. The van der Waals surface area contributed by atoms with Crippen molar-refractivity contribution >= 4 is 5.78 Å². The Balaban J connectivity index is 2.00. The lowest BCUT2D eigenvalue weighted by Gasteiger charge is -2.14. The Morgan fingerprint density at radius 3 is 3.12 bits per heavy atom. The molecule has 2 rings (SSSR count). The van der Waals surface area contributed by atoms with Gasteiger partial charge in [0.05, 0.1) is 12.5 Å². The number of hydrogen-bond donors (Lipinski definition) is 0. The van der Waals surface area contributed by atoms with Crippen LogP contribution < -0.4 is 0 Å². The standard InChI is InChI=1S/C11H17N3O2/c1-3-10-8(4-5-16-10)9(15)6-11-12-7-13-14(11)2/h7-8,10H,3-6H2,1-2H3. The van der Waals surface area contributed by atoms with E-state index in [1.165, 1.54) is 6.33 Å². The topological polar surface area (TPSA) is 57.0 Å². The first-order chi connectivity index (χ1) is 7.72. The molecule has 2 heterocycles. The van der Waals surface area contributed by atoms with Gasteiger partial charge in [-0.2, -0.15) is 5.10 Å². The van der Waals surface area contributed by atoms with Crippen LogP contribution in [0.5, 0.6) is 0 Å². The van der Waals surface area contributed by atoms with Crippen LogP contribution in [0.2, 0.25) is 0 Å². The molecule has 2 atom stereocenters. The monoisotopic (exact) mass is 223 g/mol. The highest BCUT2D eigenvalue weighted by Gasteiger charge is 2.32. The molecule has 0 aliphatic carbocycles. The third kappa shape index (κ3) is 2.14. The second-order valence-electron chi connectivity index (χ2n) is 4.16. The van der Waals surface area contributed by atoms with Crippen molar-refractivity contribution in [3.05, 3.63) is 12.2 Å². The second-order valence-corrected chi connectivity index (χ2v) is 4.16. The van der Waals surface area contributed by atoms with Gasteiger partial charge in [-0.1, -0.05) is 6.92 Å². The first-order valence-corrected chi connectivity index (χ1v) is 5.69. The minimum atomic E-state index is 0.0432. The predicted molar refractivity (Wildman–Crippen MR) is 57.9 cm³/mol. The molecule has 1 saturated heterocycles. The Morgan fingerprint density at radius 2 is 2.50 bits per heavy atom. The van der Waals surface area contributed by atoms with E-state index in [2.05, 4.69) is 17.0 Å². The lowest BCUT2D eigenvalue weighted by molar-refractivity contribution is -0.124. The number of rotatable bonds is 4. The summed E-state index contributed by atoms with van der Waals surface area (Å²) in [5.41, 5.74) is 0. The lowest BCUT2D eigenvalue weighted by Crippen LogP contribution is -2.26. The Hall–Kier alpha value is -1.23. The Labute approximate surface area is 94.8 Å². The maximum absolute atomic E-state index is 12.1. The van der Waals surface area contributed by atoms with Gasteiger partial charge < -0.3 is 4.74 Å². The summed E-state index contributed by atoms with van der Waals surface area (Å²) >= 11 is 0. The molecule has 5 nitrogen and oxygen atoms in total. The molecule has 1 aliphatic rings. The molecule has 0 amide bonds. The molecule has 2 unspecified atom stereocenters. The molecule has 0 radical (unpaired) electrons. The first kappa shape index (κ1) is 11.3. The van der Waals surface area contributed by atoms with Gasteiger partial charge in [-0.25, -0.2) is 4.98 Å². The van der Waals surface area contributed by atoms with E-state index in [1.807, 2.05) is 0 Å². The van der Waals surface area contributed by atoms with Crippen molar-refractivity contribution in [2.24, 2.45) is 13.0 Å². The fraction of sp³-hybridized carbons (Fsp3) is 0.727. The van der Waals surface area contributed by atoms with Crippen LogP contribution in [0.1, 0.15) is 25.6 Å². The van der Waals surface area contributed by atoms with Crippen molar-refractivity contribution in [3.8, 4) is 0 Å². The van der Waals surface area contributed by atoms with Crippen molar-refractivity contribution < 1.29 is 9.53 Å². The van der Waals surface area contributed by atoms with Gasteiger partial charge in [-0.05, 0) is 12.8 Å². The van der Waals surface area contributed by atoms with E-state index >= 15 is 0 Å². The van der Waals surface area contributed by atoms with Crippen molar-refractivity contribution in [3.63, 3.8) is 0 Å². The van der Waals surface area contributed by atoms with Gasteiger partial charge >= 0.3 is 0 Å². The fourth-order valence-electron chi connectivity index (χ4n) is 2.19. The van der Waals surface area contributed by atoms with Crippen LogP contribution in [0.15, 0.2) is 6.33 Å². The average molecular weight is 223 g/mol. The van der Waals surface area contributed by atoms with Crippen LogP contribution in [-0.2, 0) is 23.0 Å². The number of ether oxygens (including phenoxy) is 1. The Morgan fingerprint density at radius 1 is 1.69 bits per heavy atom. The molecule has 1 aliphatic heterocycles. The lowest BCUT2D eigenvalue weighted by atomic mass is 9.93. The van der Waals surface area contributed by atoms with E-state index in [0.29, 0.717) is 13.0 Å².